The molecule has 13 heavy (non-hydrogen) atoms. The lowest BCUT2D eigenvalue weighted by Crippen LogP contribution is -2.28. The maximum absolute atomic E-state index is 5.97. The molecule has 0 amide bonds. The second-order valence-corrected chi connectivity index (χ2v) is 7.90. The van der Waals surface area contributed by atoms with Crippen molar-refractivity contribution in [3.63, 3.8) is 0 Å². The lowest BCUT2D eigenvalue weighted by atomic mass is 10.2. The number of nitrogens with one attached hydrogen (secondary N) is 1. The van der Waals surface area contributed by atoms with Gasteiger partial charge in [0.2, 0.25) is 0 Å². The summed E-state index contributed by atoms with van der Waals surface area (Å²) in [5, 5.41) is 0. The van der Waals surface area contributed by atoms with Crippen molar-refractivity contribution < 1.29 is 0 Å². The SMILES string of the molecule is C[C@@H](NSC(C)(C)C)[C@H]1CC1(Cl)Cl. The van der Waals surface area contributed by atoms with Gasteiger partial charge < -0.3 is 0 Å². The van der Waals surface area contributed by atoms with Gasteiger partial charge in [-0.05, 0) is 34.1 Å². The van der Waals surface area contributed by atoms with Crippen molar-refractivity contribution in [3.05, 3.63) is 0 Å². The van der Waals surface area contributed by atoms with Gasteiger partial charge in [0, 0.05) is 16.7 Å². The van der Waals surface area contributed by atoms with Crippen LogP contribution in [-0.4, -0.2) is 15.1 Å². The Morgan fingerprint density at radius 1 is 1.46 bits per heavy atom. The molecule has 0 radical (unpaired) electrons. The summed E-state index contributed by atoms with van der Waals surface area (Å²) in [6.45, 7) is 8.67. The topological polar surface area (TPSA) is 12.0 Å². The Morgan fingerprint density at radius 2 is 1.92 bits per heavy atom. The first-order valence-corrected chi connectivity index (χ1v) is 6.11. The van der Waals surface area contributed by atoms with Crippen molar-refractivity contribution in [2.75, 3.05) is 0 Å². The largest absolute Gasteiger partial charge is 0.260 e. The number of hydrogen-bond acceptors (Lipinski definition) is 2. The highest BCUT2D eigenvalue weighted by molar-refractivity contribution is 7.98. The molecule has 1 rings (SSSR count). The van der Waals surface area contributed by atoms with E-state index in [0.29, 0.717) is 12.0 Å². The minimum Gasteiger partial charge on any atom is -0.260 e. The van der Waals surface area contributed by atoms with Crippen molar-refractivity contribution in [1.29, 1.82) is 0 Å². The van der Waals surface area contributed by atoms with Crippen LogP contribution < -0.4 is 4.72 Å². The smallest absolute Gasteiger partial charge is 0.123 e. The van der Waals surface area contributed by atoms with E-state index in [1.165, 1.54) is 0 Å². The van der Waals surface area contributed by atoms with Crippen LogP contribution in [0.1, 0.15) is 34.1 Å². The van der Waals surface area contributed by atoms with Crippen LogP contribution in [0.3, 0.4) is 0 Å². The molecule has 78 valence electrons. The molecule has 0 heterocycles. The monoisotopic (exact) mass is 241 g/mol. The van der Waals surface area contributed by atoms with Crippen LogP contribution in [0, 0.1) is 5.92 Å². The summed E-state index contributed by atoms with van der Waals surface area (Å²) in [4.78, 5) is 0. The highest BCUT2D eigenvalue weighted by Crippen LogP contribution is 2.55. The molecule has 1 fully saturated rings. The lowest BCUT2D eigenvalue weighted by Gasteiger charge is -2.21. The van der Waals surface area contributed by atoms with E-state index in [2.05, 4.69) is 32.4 Å². The summed E-state index contributed by atoms with van der Waals surface area (Å²) in [6, 6.07) is 0.388. The minimum absolute atomic E-state index is 0.241. The van der Waals surface area contributed by atoms with Crippen molar-refractivity contribution >= 4 is 35.1 Å². The molecule has 1 N–H and O–H groups in total. The van der Waals surface area contributed by atoms with Crippen molar-refractivity contribution in [2.24, 2.45) is 5.92 Å². The molecule has 0 aromatic carbocycles. The Kier molecular flexibility index (Phi) is 3.50. The lowest BCUT2D eigenvalue weighted by molar-refractivity contribution is 0.598. The molecule has 2 atom stereocenters. The molecular formula is C9H17Cl2NS. The Labute approximate surface area is 95.1 Å². The fourth-order valence-corrected chi connectivity index (χ4v) is 2.54. The average Bonchev–Trinajstić information content (AvgIpc) is 2.53. The van der Waals surface area contributed by atoms with Crippen LogP contribution in [0.25, 0.3) is 0 Å². The van der Waals surface area contributed by atoms with Gasteiger partial charge in [0.1, 0.15) is 4.33 Å². The molecule has 1 aliphatic rings. The molecule has 0 aromatic heterocycles. The Hall–Kier alpha value is 0.890. The van der Waals surface area contributed by atoms with Crippen molar-refractivity contribution in [3.8, 4) is 0 Å². The molecule has 0 aromatic rings. The van der Waals surface area contributed by atoms with Crippen LogP contribution in [0.5, 0.6) is 0 Å². The van der Waals surface area contributed by atoms with Crippen LogP contribution in [0.15, 0.2) is 0 Å². The fourth-order valence-electron chi connectivity index (χ4n) is 1.13. The molecule has 0 bridgehead atoms. The second kappa shape index (κ2) is 3.80. The summed E-state index contributed by atoms with van der Waals surface area (Å²) in [5.74, 6) is 0.408. The maximum atomic E-state index is 5.97. The summed E-state index contributed by atoms with van der Waals surface area (Å²) in [6.07, 6.45) is 0.912. The first-order valence-electron chi connectivity index (χ1n) is 4.54. The Bertz CT molecular complexity index is 189. The molecule has 0 saturated heterocycles. The van der Waals surface area contributed by atoms with Crippen molar-refractivity contribution in [1.82, 2.24) is 4.72 Å². The Morgan fingerprint density at radius 3 is 2.23 bits per heavy atom. The van der Waals surface area contributed by atoms with Gasteiger partial charge in [0.15, 0.2) is 0 Å². The minimum atomic E-state index is -0.467. The van der Waals surface area contributed by atoms with E-state index in [0.717, 1.165) is 6.42 Å². The predicted octanol–water partition coefficient (Wildman–Crippen LogP) is 3.61. The third-order valence-corrected chi connectivity index (χ3v) is 4.00. The van der Waals surface area contributed by atoms with Gasteiger partial charge in [-0.2, -0.15) is 0 Å². The summed E-state index contributed by atoms with van der Waals surface area (Å²) < 4.78 is 3.16. The first kappa shape index (κ1) is 12.0. The zero-order chi connectivity index (χ0) is 10.3. The molecular weight excluding hydrogens is 225 g/mol. The van der Waals surface area contributed by atoms with E-state index in [-0.39, 0.29) is 4.75 Å². The average molecular weight is 242 g/mol. The van der Waals surface area contributed by atoms with E-state index < -0.39 is 4.33 Å². The van der Waals surface area contributed by atoms with E-state index in [4.69, 9.17) is 23.2 Å². The van der Waals surface area contributed by atoms with Gasteiger partial charge in [-0.15, -0.1) is 23.2 Å². The quantitative estimate of drug-likeness (QED) is 0.599. The van der Waals surface area contributed by atoms with Crippen LogP contribution in [0.4, 0.5) is 0 Å². The molecule has 1 nitrogen and oxygen atoms in total. The van der Waals surface area contributed by atoms with E-state index in [1.54, 1.807) is 11.9 Å². The van der Waals surface area contributed by atoms with Crippen LogP contribution in [0.2, 0.25) is 0 Å². The number of alkyl halides is 2. The molecule has 0 aliphatic heterocycles. The van der Waals surface area contributed by atoms with Gasteiger partial charge in [-0.1, -0.05) is 11.9 Å². The number of hydrogen-bond donors (Lipinski definition) is 1. The first-order chi connectivity index (χ1) is 5.72. The summed E-state index contributed by atoms with van der Waals surface area (Å²) in [7, 11) is 0. The maximum Gasteiger partial charge on any atom is 0.123 e. The molecule has 0 unspecified atom stereocenters. The number of rotatable bonds is 3. The molecule has 1 saturated carbocycles. The van der Waals surface area contributed by atoms with Gasteiger partial charge in [-0.25, -0.2) is 0 Å². The fraction of sp³-hybridized carbons (Fsp3) is 1.00. The normalized spacial score (nSPS) is 28.6. The highest BCUT2D eigenvalue weighted by atomic mass is 35.5. The van der Waals surface area contributed by atoms with E-state index in [9.17, 15) is 0 Å². The molecule has 0 spiro atoms. The summed E-state index contributed by atoms with van der Waals surface area (Å²) >= 11 is 13.7. The second-order valence-electron chi connectivity index (χ2n) is 4.69. The zero-order valence-electron chi connectivity index (χ0n) is 8.53. The predicted molar refractivity (Wildman–Crippen MR) is 62.5 cm³/mol. The number of halogens is 2. The highest BCUT2D eigenvalue weighted by Gasteiger charge is 2.54. The van der Waals surface area contributed by atoms with Crippen LogP contribution in [-0.2, 0) is 0 Å². The van der Waals surface area contributed by atoms with E-state index >= 15 is 0 Å². The third kappa shape index (κ3) is 3.86. The Balaban J connectivity index is 2.24. The molecule has 1 aliphatic carbocycles. The zero-order valence-corrected chi connectivity index (χ0v) is 10.9. The van der Waals surface area contributed by atoms with Gasteiger partial charge >= 0.3 is 0 Å². The van der Waals surface area contributed by atoms with Gasteiger partial charge in [0.05, 0.1) is 0 Å². The van der Waals surface area contributed by atoms with Crippen LogP contribution >= 0.6 is 35.1 Å². The standard InChI is InChI=1S/C9H17Cl2NS/c1-6(7-5-9(7,10)11)12-13-8(2,3)4/h6-7,12H,5H2,1-4H3/t6-,7-/m1/s1. The van der Waals surface area contributed by atoms with Crippen molar-refractivity contribution in [2.45, 2.75) is 49.2 Å². The summed E-state index contributed by atoms with van der Waals surface area (Å²) in [5.41, 5.74) is 0. The van der Waals surface area contributed by atoms with E-state index in [1.807, 2.05) is 0 Å². The van der Waals surface area contributed by atoms with Gasteiger partial charge in [-0.3, -0.25) is 4.72 Å². The molecule has 4 heteroatoms. The van der Waals surface area contributed by atoms with Gasteiger partial charge in [0.25, 0.3) is 0 Å². The third-order valence-electron chi connectivity index (χ3n) is 2.03.